The molecule has 158 valence electrons. The van der Waals surface area contributed by atoms with Crippen LogP contribution in [0.25, 0.3) is 11.0 Å². The molecule has 1 aliphatic heterocycles. The van der Waals surface area contributed by atoms with Gasteiger partial charge in [-0.1, -0.05) is 19.1 Å². The number of nitro groups is 1. The van der Waals surface area contributed by atoms with E-state index in [1.165, 1.54) is 12.8 Å². The highest BCUT2D eigenvalue weighted by molar-refractivity contribution is 5.78. The van der Waals surface area contributed by atoms with E-state index in [1.54, 1.807) is 12.1 Å². The summed E-state index contributed by atoms with van der Waals surface area (Å²) in [7, 11) is 0. The second-order valence-corrected chi connectivity index (χ2v) is 7.83. The zero-order chi connectivity index (χ0) is 20.9. The van der Waals surface area contributed by atoms with Gasteiger partial charge >= 0.3 is 0 Å². The monoisotopic (exact) mass is 408 g/mol. The summed E-state index contributed by atoms with van der Waals surface area (Å²) in [6, 6.07) is 13.1. The van der Waals surface area contributed by atoms with E-state index in [2.05, 4.69) is 28.5 Å². The molecule has 0 aliphatic carbocycles. The molecule has 2 heterocycles. The molecule has 1 saturated heterocycles. The summed E-state index contributed by atoms with van der Waals surface area (Å²) in [6.07, 6.45) is 4.18. The minimum Gasteiger partial charge on any atom is -0.494 e. The predicted molar refractivity (Wildman–Crippen MR) is 117 cm³/mol. The number of rotatable bonds is 9. The number of nitro benzene ring substituents is 1. The van der Waals surface area contributed by atoms with Gasteiger partial charge in [0, 0.05) is 31.6 Å². The lowest BCUT2D eigenvalue weighted by Crippen LogP contribution is -2.24. The summed E-state index contributed by atoms with van der Waals surface area (Å²) in [6.45, 7) is 6.90. The first kappa shape index (κ1) is 20.3. The Morgan fingerprint density at radius 3 is 2.57 bits per heavy atom. The van der Waals surface area contributed by atoms with E-state index in [4.69, 9.17) is 9.72 Å². The van der Waals surface area contributed by atoms with Crippen molar-refractivity contribution in [2.75, 3.05) is 26.2 Å². The third-order valence-electron chi connectivity index (χ3n) is 5.62. The van der Waals surface area contributed by atoms with Gasteiger partial charge in [-0.25, -0.2) is 4.98 Å². The van der Waals surface area contributed by atoms with Crippen LogP contribution < -0.4 is 4.74 Å². The number of hydrogen-bond donors (Lipinski definition) is 0. The van der Waals surface area contributed by atoms with Crippen molar-refractivity contribution < 1.29 is 9.66 Å². The molecule has 0 atom stereocenters. The first-order chi connectivity index (χ1) is 14.6. The van der Waals surface area contributed by atoms with Gasteiger partial charge in [0.25, 0.3) is 5.69 Å². The van der Waals surface area contributed by atoms with Crippen LogP contribution in [0.5, 0.6) is 5.75 Å². The largest absolute Gasteiger partial charge is 0.494 e. The summed E-state index contributed by atoms with van der Waals surface area (Å²) in [4.78, 5) is 18.1. The normalized spacial score (nSPS) is 14.4. The summed E-state index contributed by atoms with van der Waals surface area (Å²) < 4.78 is 7.89. The second kappa shape index (κ2) is 9.26. The Balaban J connectivity index is 1.60. The number of likely N-dealkylation sites (tertiary alicyclic amines) is 1. The van der Waals surface area contributed by atoms with Crippen molar-refractivity contribution in [3.63, 3.8) is 0 Å². The average molecular weight is 409 g/mol. The van der Waals surface area contributed by atoms with Crippen LogP contribution in [0, 0.1) is 10.1 Å². The zero-order valence-corrected chi connectivity index (χ0v) is 17.4. The molecule has 0 unspecified atom stereocenters. The Labute approximate surface area is 176 Å². The number of benzene rings is 2. The quantitative estimate of drug-likeness (QED) is 0.387. The van der Waals surface area contributed by atoms with E-state index in [0.717, 1.165) is 55.3 Å². The minimum absolute atomic E-state index is 0.0793. The molecule has 1 aliphatic rings. The van der Waals surface area contributed by atoms with Crippen molar-refractivity contribution in [3.05, 3.63) is 64.0 Å². The topological polar surface area (TPSA) is 73.4 Å². The van der Waals surface area contributed by atoms with E-state index in [0.29, 0.717) is 18.5 Å². The van der Waals surface area contributed by atoms with Crippen LogP contribution in [0.15, 0.2) is 42.5 Å². The highest BCUT2D eigenvalue weighted by Crippen LogP contribution is 2.24. The maximum Gasteiger partial charge on any atom is 0.271 e. The highest BCUT2D eigenvalue weighted by atomic mass is 16.6. The molecule has 0 radical (unpaired) electrons. The van der Waals surface area contributed by atoms with Crippen LogP contribution in [0.2, 0.25) is 0 Å². The Hall–Kier alpha value is -2.93. The minimum atomic E-state index is -0.364. The van der Waals surface area contributed by atoms with Gasteiger partial charge in [0.05, 0.1) is 22.6 Å². The lowest BCUT2D eigenvalue weighted by atomic mass is 10.1. The Kier molecular flexibility index (Phi) is 6.28. The van der Waals surface area contributed by atoms with Gasteiger partial charge in [-0.05, 0) is 56.1 Å². The maximum absolute atomic E-state index is 11.2. The third kappa shape index (κ3) is 4.62. The first-order valence-corrected chi connectivity index (χ1v) is 10.7. The average Bonchev–Trinajstić information content (AvgIpc) is 3.38. The van der Waals surface area contributed by atoms with Crippen molar-refractivity contribution in [1.82, 2.24) is 14.5 Å². The molecule has 3 aromatic rings. The molecule has 7 heteroatoms. The number of imidazole rings is 1. The molecule has 1 aromatic heterocycles. The molecular weight excluding hydrogens is 380 g/mol. The molecule has 4 rings (SSSR count). The Morgan fingerprint density at radius 1 is 1.10 bits per heavy atom. The van der Waals surface area contributed by atoms with E-state index >= 15 is 0 Å². The fourth-order valence-electron chi connectivity index (χ4n) is 4.02. The van der Waals surface area contributed by atoms with Crippen molar-refractivity contribution in [3.8, 4) is 5.75 Å². The molecule has 0 amide bonds. The lowest BCUT2D eigenvalue weighted by molar-refractivity contribution is -0.384. The first-order valence-electron chi connectivity index (χ1n) is 10.7. The molecule has 0 spiro atoms. The van der Waals surface area contributed by atoms with Crippen molar-refractivity contribution in [2.24, 2.45) is 0 Å². The van der Waals surface area contributed by atoms with Gasteiger partial charge in [0.15, 0.2) is 0 Å². The number of fused-ring (bicyclic) bond motifs is 1. The molecule has 0 N–H and O–H groups in total. The molecule has 0 bridgehead atoms. The fourth-order valence-corrected chi connectivity index (χ4v) is 4.02. The zero-order valence-electron chi connectivity index (χ0n) is 17.4. The number of non-ortho nitro benzene ring substituents is 1. The van der Waals surface area contributed by atoms with Crippen LogP contribution in [0.3, 0.4) is 0 Å². The number of nitrogens with zero attached hydrogens (tertiary/aromatic N) is 4. The third-order valence-corrected chi connectivity index (χ3v) is 5.62. The van der Waals surface area contributed by atoms with Gasteiger partial charge in [-0.15, -0.1) is 0 Å². The van der Waals surface area contributed by atoms with Crippen LogP contribution in [-0.4, -0.2) is 45.6 Å². The van der Waals surface area contributed by atoms with Gasteiger partial charge in [-0.2, -0.15) is 0 Å². The number of ether oxygens (including phenoxy) is 1. The standard InChI is InChI=1S/C23H28N4O3/c1-2-15-30-20-8-5-18(6-9-20)16-23-24-21-17-19(27(28)29)7-10-22(21)26(23)14-13-25-11-3-4-12-25/h5-10,17H,2-4,11-16H2,1H3. The van der Waals surface area contributed by atoms with Crippen molar-refractivity contribution in [1.29, 1.82) is 0 Å². The summed E-state index contributed by atoms with van der Waals surface area (Å²) in [5.41, 5.74) is 2.86. The molecule has 2 aromatic carbocycles. The summed E-state index contributed by atoms with van der Waals surface area (Å²) in [5, 5.41) is 11.2. The highest BCUT2D eigenvalue weighted by Gasteiger charge is 2.17. The van der Waals surface area contributed by atoms with Crippen molar-refractivity contribution >= 4 is 16.7 Å². The molecule has 1 fully saturated rings. The fraction of sp³-hybridized carbons (Fsp3) is 0.435. The van der Waals surface area contributed by atoms with Crippen LogP contribution in [0.1, 0.15) is 37.6 Å². The van der Waals surface area contributed by atoms with E-state index in [-0.39, 0.29) is 10.6 Å². The van der Waals surface area contributed by atoms with E-state index < -0.39 is 0 Å². The smallest absolute Gasteiger partial charge is 0.271 e. The predicted octanol–water partition coefficient (Wildman–Crippen LogP) is 4.42. The SMILES string of the molecule is CCCOc1ccc(Cc2nc3cc([N+](=O)[O-])ccc3n2CCN2CCCC2)cc1. The maximum atomic E-state index is 11.2. The van der Waals surface area contributed by atoms with Crippen molar-refractivity contribution in [2.45, 2.75) is 39.2 Å². The van der Waals surface area contributed by atoms with Gasteiger partial charge in [0.2, 0.25) is 0 Å². The van der Waals surface area contributed by atoms with Crippen LogP contribution in [0.4, 0.5) is 5.69 Å². The van der Waals surface area contributed by atoms with E-state index in [9.17, 15) is 10.1 Å². The number of aromatic nitrogens is 2. The molecular formula is C23H28N4O3. The molecule has 0 saturated carbocycles. The number of hydrogen-bond acceptors (Lipinski definition) is 5. The Morgan fingerprint density at radius 2 is 1.87 bits per heavy atom. The summed E-state index contributed by atoms with van der Waals surface area (Å²) in [5.74, 6) is 1.81. The Bertz CT molecular complexity index is 1010. The summed E-state index contributed by atoms with van der Waals surface area (Å²) >= 11 is 0. The second-order valence-electron chi connectivity index (χ2n) is 7.83. The van der Waals surface area contributed by atoms with Crippen LogP contribution in [-0.2, 0) is 13.0 Å². The molecule has 30 heavy (non-hydrogen) atoms. The van der Waals surface area contributed by atoms with Gasteiger partial charge in [0.1, 0.15) is 11.6 Å². The van der Waals surface area contributed by atoms with Crippen LogP contribution >= 0.6 is 0 Å². The van der Waals surface area contributed by atoms with E-state index in [1.807, 2.05) is 18.2 Å². The van der Waals surface area contributed by atoms with Gasteiger partial charge < -0.3 is 14.2 Å². The lowest BCUT2D eigenvalue weighted by Gasteiger charge is -2.17. The van der Waals surface area contributed by atoms with Gasteiger partial charge in [-0.3, -0.25) is 10.1 Å². The molecule has 7 nitrogen and oxygen atoms in total.